The SMILES string of the molecule is COC1CC(N2C(=O)C(CC(C)C)NC2C(C)C)C1(C)C. The van der Waals surface area contributed by atoms with Gasteiger partial charge in [0, 0.05) is 18.6 Å². The van der Waals surface area contributed by atoms with Crippen molar-refractivity contribution in [1.82, 2.24) is 10.2 Å². The van der Waals surface area contributed by atoms with E-state index in [9.17, 15) is 4.79 Å². The van der Waals surface area contributed by atoms with Gasteiger partial charge in [0.15, 0.2) is 0 Å². The summed E-state index contributed by atoms with van der Waals surface area (Å²) < 4.78 is 5.56. The van der Waals surface area contributed by atoms with Crippen LogP contribution in [0.1, 0.15) is 54.4 Å². The number of nitrogens with one attached hydrogen (secondary N) is 1. The first-order valence-electron chi connectivity index (χ1n) is 8.31. The first kappa shape index (κ1) is 16.8. The Hall–Kier alpha value is -0.610. The lowest BCUT2D eigenvalue weighted by Crippen LogP contribution is -2.65. The Labute approximate surface area is 129 Å². The third kappa shape index (κ3) is 2.85. The Balaban J connectivity index is 2.18. The predicted octanol–water partition coefficient (Wildman–Crippen LogP) is 2.63. The molecule has 1 aliphatic carbocycles. The van der Waals surface area contributed by atoms with Crippen molar-refractivity contribution in [1.29, 1.82) is 0 Å². The summed E-state index contributed by atoms with van der Waals surface area (Å²) in [6.45, 7) is 13.2. The molecule has 2 rings (SSSR count). The third-order valence-electron chi connectivity index (χ3n) is 5.31. The zero-order valence-electron chi connectivity index (χ0n) is 14.6. The Bertz CT molecular complexity index is 392. The van der Waals surface area contributed by atoms with Crippen LogP contribution in [0.25, 0.3) is 0 Å². The molecule has 0 spiro atoms. The lowest BCUT2D eigenvalue weighted by Gasteiger charge is -2.56. The van der Waals surface area contributed by atoms with E-state index in [-0.39, 0.29) is 35.7 Å². The van der Waals surface area contributed by atoms with E-state index in [4.69, 9.17) is 4.74 Å². The molecule has 122 valence electrons. The molecule has 1 N–H and O–H groups in total. The molecule has 4 heteroatoms. The van der Waals surface area contributed by atoms with Crippen LogP contribution >= 0.6 is 0 Å². The lowest BCUT2D eigenvalue weighted by molar-refractivity contribution is -0.164. The van der Waals surface area contributed by atoms with Crippen LogP contribution in [0.2, 0.25) is 0 Å². The Morgan fingerprint density at radius 2 is 1.95 bits per heavy atom. The van der Waals surface area contributed by atoms with Crippen LogP contribution in [0.5, 0.6) is 0 Å². The van der Waals surface area contributed by atoms with Gasteiger partial charge in [-0.3, -0.25) is 10.1 Å². The molecule has 4 atom stereocenters. The number of methoxy groups -OCH3 is 1. The van der Waals surface area contributed by atoms with E-state index in [0.29, 0.717) is 11.8 Å². The van der Waals surface area contributed by atoms with Gasteiger partial charge in [0.05, 0.1) is 18.3 Å². The second-order valence-electron chi connectivity index (χ2n) is 8.08. The maximum atomic E-state index is 12.9. The first-order chi connectivity index (χ1) is 9.70. The topological polar surface area (TPSA) is 41.6 Å². The average molecular weight is 296 g/mol. The highest BCUT2D eigenvalue weighted by Crippen LogP contribution is 2.47. The van der Waals surface area contributed by atoms with Crippen LogP contribution in [-0.4, -0.2) is 42.3 Å². The van der Waals surface area contributed by atoms with Crippen molar-refractivity contribution in [3.05, 3.63) is 0 Å². The Morgan fingerprint density at radius 3 is 2.38 bits per heavy atom. The molecule has 2 aliphatic rings. The van der Waals surface area contributed by atoms with Crippen molar-refractivity contribution in [2.45, 2.75) is 78.7 Å². The molecular formula is C17H32N2O2. The quantitative estimate of drug-likeness (QED) is 0.848. The first-order valence-corrected chi connectivity index (χ1v) is 8.31. The number of amides is 1. The van der Waals surface area contributed by atoms with Crippen molar-refractivity contribution in [3.63, 3.8) is 0 Å². The number of carbonyl (C=O) groups is 1. The molecule has 1 amide bonds. The number of nitrogens with zero attached hydrogens (tertiary/aromatic N) is 1. The molecule has 0 aromatic rings. The van der Waals surface area contributed by atoms with Gasteiger partial charge in [-0.05, 0) is 24.7 Å². The van der Waals surface area contributed by atoms with Gasteiger partial charge >= 0.3 is 0 Å². The van der Waals surface area contributed by atoms with E-state index >= 15 is 0 Å². The summed E-state index contributed by atoms with van der Waals surface area (Å²) in [6, 6.07) is 0.266. The van der Waals surface area contributed by atoms with Crippen LogP contribution in [0.3, 0.4) is 0 Å². The van der Waals surface area contributed by atoms with Gasteiger partial charge in [-0.2, -0.15) is 0 Å². The largest absolute Gasteiger partial charge is 0.381 e. The van der Waals surface area contributed by atoms with Crippen molar-refractivity contribution < 1.29 is 9.53 Å². The molecule has 0 radical (unpaired) electrons. The summed E-state index contributed by atoms with van der Waals surface area (Å²) in [4.78, 5) is 15.0. The van der Waals surface area contributed by atoms with E-state index in [1.807, 2.05) is 0 Å². The molecule has 1 saturated heterocycles. The molecule has 0 aromatic carbocycles. The molecule has 2 fully saturated rings. The van der Waals surface area contributed by atoms with E-state index in [2.05, 4.69) is 51.8 Å². The number of hydrogen-bond acceptors (Lipinski definition) is 3. The fraction of sp³-hybridized carbons (Fsp3) is 0.941. The molecule has 1 heterocycles. The summed E-state index contributed by atoms with van der Waals surface area (Å²) in [5.74, 6) is 1.24. The molecular weight excluding hydrogens is 264 g/mol. The third-order valence-corrected chi connectivity index (χ3v) is 5.31. The van der Waals surface area contributed by atoms with Crippen molar-refractivity contribution in [2.24, 2.45) is 17.3 Å². The highest BCUT2D eigenvalue weighted by atomic mass is 16.5. The van der Waals surface area contributed by atoms with Gasteiger partial charge in [-0.25, -0.2) is 0 Å². The van der Waals surface area contributed by atoms with Crippen LogP contribution < -0.4 is 5.32 Å². The monoisotopic (exact) mass is 296 g/mol. The van der Waals surface area contributed by atoms with Gasteiger partial charge in [-0.1, -0.05) is 41.5 Å². The fourth-order valence-electron chi connectivity index (χ4n) is 3.91. The van der Waals surface area contributed by atoms with Gasteiger partial charge in [0.2, 0.25) is 5.91 Å². The summed E-state index contributed by atoms with van der Waals surface area (Å²) in [7, 11) is 1.77. The Morgan fingerprint density at radius 1 is 1.33 bits per heavy atom. The molecule has 4 unspecified atom stereocenters. The molecule has 0 aromatic heterocycles. The highest BCUT2D eigenvalue weighted by molar-refractivity contribution is 5.85. The van der Waals surface area contributed by atoms with Crippen molar-refractivity contribution in [2.75, 3.05) is 7.11 Å². The number of hydrogen-bond donors (Lipinski definition) is 1. The Kier molecular flexibility index (Phi) is 4.69. The standard InChI is InChI=1S/C17H32N2O2/c1-10(2)8-12-16(20)19(15(18-12)11(3)4)13-9-14(21-7)17(13,5)6/h10-15,18H,8-9H2,1-7H3. The van der Waals surface area contributed by atoms with Gasteiger partial charge < -0.3 is 9.64 Å². The zero-order valence-corrected chi connectivity index (χ0v) is 14.6. The predicted molar refractivity (Wildman–Crippen MR) is 84.8 cm³/mol. The molecule has 0 bridgehead atoms. The minimum atomic E-state index is -0.0187. The van der Waals surface area contributed by atoms with Crippen LogP contribution in [0, 0.1) is 17.3 Å². The summed E-state index contributed by atoms with van der Waals surface area (Å²) in [5.41, 5.74) is 0.0337. The van der Waals surface area contributed by atoms with E-state index < -0.39 is 0 Å². The smallest absolute Gasteiger partial charge is 0.241 e. The maximum Gasteiger partial charge on any atom is 0.241 e. The highest BCUT2D eigenvalue weighted by Gasteiger charge is 2.56. The molecule has 1 saturated carbocycles. The van der Waals surface area contributed by atoms with Crippen LogP contribution in [-0.2, 0) is 9.53 Å². The lowest BCUT2D eigenvalue weighted by atomic mass is 9.63. The fourth-order valence-corrected chi connectivity index (χ4v) is 3.91. The van der Waals surface area contributed by atoms with E-state index in [1.54, 1.807) is 7.11 Å². The molecule has 4 nitrogen and oxygen atoms in total. The van der Waals surface area contributed by atoms with E-state index in [0.717, 1.165) is 12.8 Å². The summed E-state index contributed by atoms with van der Waals surface area (Å²) >= 11 is 0. The summed E-state index contributed by atoms with van der Waals surface area (Å²) in [5, 5.41) is 3.58. The average Bonchev–Trinajstić information content (AvgIpc) is 2.66. The van der Waals surface area contributed by atoms with Crippen LogP contribution in [0.4, 0.5) is 0 Å². The summed E-state index contributed by atoms with van der Waals surface area (Å²) in [6.07, 6.45) is 2.28. The van der Waals surface area contributed by atoms with Gasteiger partial charge in [0.1, 0.15) is 0 Å². The van der Waals surface area contributed by atoms with E-state index in [1.165, 1.54) is 0 Å². The zero-order chi connectivity index (χ0) is 15.9. The normalized spacial score (nSPS) is 35.7. The van der Waals surface area contributed by atoms with Crippen molar-refractivity contribution in [3.8, 4) is 0 Å². The van der Waals surface area contributed by atoms with Gasteiger partial charge in [0.25, 0.3) is 0 Å². The molecule has 1 aliphatic heterocycles. The second kappa shape index (κ2) is 5.88. The minimum Gasteiger partial charge on any atom is -0.381 e. The second-order valence-corrected chi connectivity index (χ2v) is 8.08. The van der Waals surface area contributed by atoms with Crippen molar-refractivity contribution >= 4 is 5.91 Å². The molecule has 21 heavy (non-hydrogen) atoms. The minimum absolute atomic E-state index is 0.0187. The number of rotatable bonds is 5. The number of ether oxygens (including phenoxy) is 1. The number of carbonyl (C=O) groups excluding carboxylic acids is 1. The van der Waals surface area contributed by atoms with Gasteiger partial charge in [-0.15, -0.1) is 0 Å². The van der Waals surface area contributed by atoms with Crippen LogP contribution in [0.15, 0.2) is 0 Å². The maximum absolute atomic E-state index is 12.9.